The van der Waals surface area contributed by atoms with Crippen LogP contribution in [-0.4, -0.2) is 15.4 Å². The van der Waals surface area contributed by atoms with E-state index in [2.05, 4.69) is 20.9 Å². The second-order valence-electron chi connectivity index (χ2n) is 2.04. The molecule has 1 rings (SSSR count). The Balaban J connectivity index is 2.93. The summed E-state index contributed by atoms with van der Waals surface area (Å²) in [6.45, 7) is 0. The van der Waals surface area contributed by atoms with E-state index in [0.29, 0.717) is 5.33 Å². The third kappa shape index (κ3) is 1.97. The van der Waals surface area contributed by atoms with Crippen molar-refractivity contribution in [2.24, 2.45) is 0 Å². The Morgan fingerprint density at radius 2 is 2.45 bits per heavy atom. The number of hydrogen-bond donors (Lipinski definition) is 1. The van der Waals surface area contributed by atoms with Crippen LogP contribution in [0.1, 0.15) is 11.8 Å². The van der Waals surface area contributed by atoms with Crippen LogP contribution in [0.3, 0.4) is 0 Å². The molecule has 0 aromatic carbocycles. The molecule has 11 heavy (non-hydrogen) atoms. The average Bonchev–Trinajstić information content (AvgIpc) is 2.04. The summed E-state index contributed by atoms with van der Waals surface area (Å²) in [5, 5.41) is 9.45. The first-order chi connectivity index (χ1) is 5.25. The van der Waals surface area contributed by atoms with Gasteiger partial charge in [0.25, 0.3) is 0 Å². The molecule has 0 spiro atoms. The summed E-state index contributed by atoms with van der Waals surface area (Å²) in [4.78, 5) is 3.69. The normalized spacial score (nSPS) is 13.0. The monoisotopic (exact) mass is 219 g/mol. The van der Waals surface area contributed by atoms with E-state index in [1.165, 1.54) is 18.3 Å². The Bertz CT molecular complexity index is 244. The van der Waals surface area contributed by atoms with Gasteiger partial charge in [0.15, 0.2) is 0 Å². The van der Waals surface area contributed by atoms with Gasteiger partial charge in [-0.2, -0.15) is 0 Å². The maximum absolute atomic E-state index is 12.8. The van der Waals surface area contributed by atoms with Crippen molar-refractivity contribution in [3.05, 3.63) is 29.8 Å². The van der Waals surface area contributed by atoms with Crippen molar-refractivity contribution in [2.75, 3.05) is 5.33 Å². The van der Waals surface area contributed by atoms with Crippen LogP contribution >= 0.6 is 15.9 Å². The molecule has 2 nitrogen and oxygen atoms in total. The summed E-state index contributed by atoms with van der Waals surface area (Å²) in [6, 6.07) is 2.76. The van der Waals surface area contributed by atoms with E-state index >= 15 is 0 Å². The van der Waals surface area contributed by atoms with Gasteiger partial charge in [-0.25, -0.2) is 4.39 Å². The number of alkyl halides is 1. The molecule has 0 radical (unpaired) electrons. The molecule has 1 N–H and O–H groups in total. The van der Waals surface area contributed by atoms with Gasteiger partial charge in [-0.15, -0.1) is 0 Å². The second kappa shape index (κ2) is 3.78. The highest BCUT2D eigenvalue weighted by atomic mass is 79.9. The van der Waals surface area contributed by atoms with E-state index in [4.69, 9.17) is 5.11 Å². The molecule has 0 aliphatic heterocycles. The average molecular weight is 220 g/mol. The van der Waals surface area contributed by atoms with Gasteiger partial charge in [0.1, 0.15) is 17.6 Å². The smallest absolute Gasteiger partial charge is 0.147 e. The summed E-state index contributed by atoms with van der Waals surface area (Å²) < 4.78 is 12.8. The molecular weight excluding hydrogens is 213 g/mol. The maximum atomic E-state index is 12.8. The molecule has 1 aromatic heterocycles. The fourth-order valence-electron chi connectivity index (χ4n) is 0.716. The van der Waals surface area contributed by atoms with Crippen molar-refractivity contribution < 1.29 is 9.50 Å². The molecule has 0 saturated carbocycles. The molecule has 60 valence electrons. The summed E-state index contributed by atoms with van der Waals surface area (Å²) in [5.41, 5.74) is 0.0874. The van der Waals surface area contributed by atoms with Crippen molar-refractivity contribution in [1.29, 1.82) is 0 Å². The van der Waals surface area contributed by atoms with E-state index in [1.807, 2.05) is 0 Å². The Morgan fingerprint density at radius 1 is 1.73 bits per heavy atom. The lowest BCUT2D eigenvalue weighted by Crippen LogP contribution is -2.03. The van der Waals surface area contributed by atoms with Gasteiger partial charge in [0.2, 0.25) is 0 Å². The van der Waals surface area contributed by atoms with Crippen LogP contribution in [0.15, 0.2) is 18.3 Å². The minimum absolute atomic E-state index is 0.0874. The topological polar surface area (TPSA) is 33.1 Å². The number of pyridine rings is 1. The first kappa shape index (κ1) is 8.62. The molecule has 0 bridgehead atoms. The Morgan fingerprint density at radius 3 is 3.00 bits per heavy atom. The van der Waals surface area contributed by atoms with E-state index in [9.17, 15) is 4.39 Å². The van der Waals surface area contributed by atoms with Gasteiger partial charge >= 0.3 is 0 Å². The van der Waals surface area contributed by atoms with Crippen LogP contribution in [0.2, 0.25) is 0 Å². The Kier molecular flexibility index (Phi) is 2.96. The predicted octanol–water partition coefficient (Wildman–Crippen LogP) is 1.65. The zero-order chi connectivity index (χ0) is 8.27. The van der Waals surface area contributed by atoms with Gasteiger partial charge < -0.3 is 5.11 Å². The summed E-state index contributed by atoms with van der Waals surface area (Å²) in [7, 11) is 0. The zero-order valence-electron chi connectivity index (χ0n) is 5.67. The molecule has 1 heterocycles. The molecule has 0 saturated heterocycles. The van der Waals surface area contributed by atoms with Gasteiger partial charge in [-0.1, -0.05) is 15.9 Å². The van der Waals surface area contributed by atoms with Crippen LogP contribution in [-0.2, 0) is 0 Å². The van der Waals surface area contributed by atoms with E-state index in [0.717, 1.165) is 0 Å². The van der Waals surface area contributed by atoms with Crippen LogP contribution < -0.4 is 0 Å². The summed E-state index contributed by atoms with van der Waals surface area (Å²) >= 11 is 3.03. The molecule has 0 aliphatic carbocycles. The zero-order valence-corrected chi connectivity index (χ0v) is 7.25. The first-order valence-corrected chi connectivity index (χ1v) is 4.22. The highest BCUT2D eigenvalue weighted by Gasteiger charge is 2.11. The quantitative estimate of drug-likeness (QED) is 0.768. The largest absolute Gasteiger partial charge is 0.386 e. The molecule has 1 aromatic rings. The van der Waals surface area contributed by atoms with Crippen molar-refractivity contribution in [3.63, 3.8) is 0 Å². The van der Waals surface area contributed by atoms with Gasteiger partial charge in [-0.3, -0.25) is 4.98 Å². The highest BCUT2D eigenvalue weighted by Crippen LogP contribution is 2.14. The van der Waals surface area contributed by atoms with Crippen LogP contribution in [0.5, 0.6) is 0 Å². The lowest BCUT2D eigenvalue weighted by Gasteiger charge is -2.05. The van der Waals surface area contributed by atoms with E-state index in [1.54, 1.807) is 0 Å². The third-order valence-corrected chi connectivity index (χ3v) is 1.86. The van der Waals surface area contributed by atoms with Gasteiger partial charge in [0.05, 0.1) is 0 Å². The fourth-order valence-corrected chi connectivity index (χ4v) is 1.02. The standard InChI is InChI=1S/C7H7BrFNO/c8-4-6(11)7-5(9)2-1-3-10-7/h1-3,6,11H,4H2. The van der Waals surface area contributed by atoms with Gasteiger partial charge in [0, 0.05) is 11.5 Å². The fraction of sp³-hybridized carbons (Fsp3) is 0.286. The second-order valence-corrected chi connectivity index (χ2v) is 2.69. The van der Waals surface area contributed by atoms with Crippen LogP contribution in [0.4, 0.5) is 4.39 Å². The number of rotatable bonds is 2. The summed E-state index contributed by atoms with van der Waals surface area (Å²) in [6.07, 6.45) is 0.584. The summed E-state index contributed by atoms with van der Waals surface area (Å²) in [5.74, 6) is -0.473. The van der Waals surface area contributed by atoms with Crippen molar-refractivity contribution in [2.45, 2.75) is 6.10 Å². The number of halogens is 2. The first-order valence-electron chi connectivity index (χ1n) is 3.10. The van der Waals surface area contributed by atoms with Crippen LogP contribution in [0, 0.1) is 5.82 Å². The molecule has 0 aliphatic rings. The maximum Gasteiger partial charge on any atom is 0.147 e. The molecule has 0 fully saturated rings. The Labute approximate surface area is 72.2 Å². The number of aromatic nitrogens is 1. The molecule has 0 amide bonds. The van der Waals surface area contributed by atoms with E-state index in [-0.39, 0.29) is 5.69 Å². The predicted molar refractivity (Wildman–Crippen MR) is 42.9 cm³/mol. The third-order valence-electron chi connectivity index (χ3n) is 1.25. The Hall–Kier alpha value is -0.480. The number of aliphatic hydroxyl groups is 1. The SMILES string of the molecule is OC(CBr)c1ncccc1F. The van der Waals surface area contributed by atoms with E-state index < -0.39 is 11.9 Å². The van der Waals surface area contributed by atoms with Crippen LogP contribution in [0.25, 0.3) is 0 Å². The van der Waals surface area contributed by atoms with Crippen molar-refractivity contribution in [1.82, 2.24) is 4.98 Å². The number of hydrogen-bond acceptors (Lipinski definition) is 2. The van der Waals surface area contributed by atoms with Gasteiger partial charge in [-0.05, 0) is 12.1 Å². The molecule has 4 heteroatoms. The molecule has 1 unspecified atom stereocenters. The van der Waals surface area contributed by atoms with Crippen molar-refractivity contribution in [3.8, 4) is 0 Å². The minimum Gasteiger partial charge on any atom is -0.386 e. The molecule has 1 atom stereocenters. The minimum atomic E-state index is -0.865. The number of aliphatic hydroxyl groups excluding tert-OH is 1. The highest BCUT2D eigenvalue weighted by molar-refractivity contribution is 9.09. The molecular formula is C7H7BrFNO. The lowest BCUT2D eigenvalue weighted by molar-refractivity contribution is 0.194. The lowest BCUT2D eigenvalue weighted by atomic mass is 10.2. The van der Waals surface area contributed by atoms with Crippen molar-refractivity contribution >= 4 is 15.9 Å². The number of nitrogens with zero attached hydrogens (tertiary/aromatic N) is 1.